The van der Waals surface area contributed by atoms with Gasteiger partial charge in [0.15, 0.2) is 0 Å². The van der Waals surface area contributed by atoms with Gasteiger partial charge >= 0.3 is 0 Å². The van der Waals surface area contributed by atoms with E-state index in [4.69, 9.17) is 11.6 Å². The highest BCUT2D eigenvalue weighted by atomic mass is 35.5. The lowest BCUT2D eigenvalue weighted by molar-refractivity contribution is 0.0138. The number of hydrogen-bond donors (Lipinski definition) is 1. The van der Waals surface area contributed by atoms with Gasteiger partial charge in [0.1, 0.15) is 0 Å². The molecule has 1 N–H and O–H groups in total. The van der Waals surface area contributed by atoms with Crippen molar-refractivity contribution in [1.29, 1.82) is 0 Å². The molecule has 1 nitrogen and oxygen atoms in total. The number of aliphatic hydroxyl groups is 1. The molecule has 0 amide bonds. The first-order valence-corrected chi connectivity index (χ1v) is 7.72. The Morgan fingerprint density at radius 1 is 1.41 bits per heavy atom. The van der Waals surface area contributed by atoms with Gasteiger partial charge in [-0.3, -0.25) is 0 Å². The summed E-state index contributed by atoms with van der Waals surface area (Å²) in [5.74, 6) is 0.626. The normalized spacial score (nSPS) is 21.0. The average Bonchev–Trinajstić information content (AvgIpc) is 2.86. The first-order chi connectivity index (χ1) is 8.05. The van der Waals surface area contributed by atoms with Crippen LogP contribution in [0.5, 0.6) is 0 Å². The highest BCUT2D eigenvalue weighted by Gasteiger charge is 2.42. The third-order valence-corrected chi connectivity index (χ3v) is 5.30. The van der Waals surface area contributed by atoms with Crippen LogP contribution in [0.25, 0.3) is 0 Å². The summed E-state index contributed by atoms with van der Waals surface area (Å²) in [6.07, 6.45) is 5.49. The summed E-state index contributed by atoms with van der Waals surface area (Å²) in [7, 11) is 0. The molecule has 0 aromatic carbocycles. The van der Waals surface area contributed by atoms with Gasteiger partial charge in [-0.15, -0.1) is 11.3 Å². The van der Waals surface area contributed by atoms with Gasteiger partial charge in [0, 0.05) is 5.41 Å². The molecule has 1 aromatic heterocycles. The van der Waals surface area contributed by atoms with Crippen molar-refractivity contribution >= 4 is 22.9 Å². The van der Waals surface area contributed by atoms with E-state index in [1.807, 2.05) is 11.4 Å². The number of rotatable bonds is 4. The van der Waals surface area contributed by atoms with Crippen LogP contribution in [0.1, 0.15) is 56.9 Å². The standard InChI is InChI=1S/C14H21ClOS/c1-10(2)9-14(6-3-4-7-14)13(16)12-11(15)5-8-17-12/h5,8,10,13,16H,3-4,6-7,9H2,1-2H3. The van der Waals surface area contributed by atoms with Crippen molar-refractivity contribution < 1.29 is 5.11 Å². The summed E-state index contributed by atoms with van der Waals surface area (Å²) >= 11 is 7.75. The van der Waals surface area contributed by atoms with E-state index < -0.39 is 0 Å². The van der Waals surface area contributed by atoms with Crippen molar-refractivity contribution in [3.05, 3.63) is 21.3 Å². The second-order valence-corrected chi connectivity index (χ2v) is 7.06. The molecular formula is C14H21ClOS. The fourth-order valence-electron chi connectivity index (χ4n) is 3.26. The number of thiophene rings is 1. The Kier molecular flexibility index (Phi) is 4.17. The van der Waals surface area contributed by atoms with Crippen LogP contribution in [0.15, 0.2) is 11.4 Å². The maximum Gasteiger partial charge on any atom is 0.0952 e. The minimum absolute atomic E-state index is 0.0721. The van der Waals surface area contributed by atoms with Crippen molar-refractivity contribution in [3.8, 4) is 0 Å². The molecule has 1 aliphatic carbocycles. The molecule has 0 aliphatic heterocycles. The fraction of sp³-hybridized carbons (Fsp3) is 0.714. The van der Waals surface area contributed by atoms with Crippen molar-refractivity contribution in [1.82, 2.24) is 0 Å². The first-order valence-electron chi connectivity index (χ1n) is 6.46. The molecule has 1 saturated carbocycles. The van der Waals surface area contributed by atoms with Crippen molar-refractivity contribution in [2.24, 2.45) is 11.3 Å². The highest BCUT2D eigenvalue weighted by Crippen LogP contribution is 2.53. The predicted octanol–water partition coefficient (Wildman–Crippen LogP) is 5.04. The topological polar surface area (TPSA) is 20.2 Å². The predicted molar refractivity (Wildman–Crippen MR) is 74.6 cm³/mol. The van der Waals surface area contributed by atoms with Crippen LogP contribution in [0, 0.1) is 11.3 Å². The van der Waals surface area contributed by atoms with Gasteiger partial charge < -0.3 is 5.11 Å². The first kappa shape index (κ1) is 13.4. The summed E-state index contributed by atoms with van der Waals surface area (Å²) < 4.78 is 0. The monoisotopic (exact) mass is 272 g/mol. The maximum atomic E-state index is 10.7. The summed E-state index contributed by atoms with van der Waals surface area (Å²) in [6, 6.07) is 1.89. The van der Waals surface area contributed by atoms with Crippen LogP contribution in [-0.4, -0.2) is 5.11 Å². The van der Waals surface area contributed by atoms with E-state index in [1.165, 1.54) is 12.8 Å². The Bertz CT molecular complexity index is 366. The Hall–Kier alpha value is -0.0500. The van der Waals surface area contributed by atoms with Crippen LogP contribution in [0.4, 0.5) is 0 Å². The van der Waals surface area contributed by atoms with Crippen LogP contribution in [0.3, 0.4) is 0 Å². The number of hydrogen-bond acceptors (Lipinski definition) is 2. The van der Waals surface area contributed by atoms with Crippen LogP contribution >= 0.6 is 22.9 Å². The molecule has 2 rings (SSSR count). The van der Waals surface area contributed by atoms with E-state index in [0.29, 0.717) is 5.92 Å². The van der Waals surface area contributed by atoms with Gasteiger partial charge in [0.25, 0.3) is 0 Å². The molecule has 1 aliphatic rings. The van der Waals surface area contributed by atoms with Gasteiger partial charge in [-0.05, 0) is 36.6 Å². The van der Waals surface area contributed by atoms with Crippen LogP contribution in [0.2, 0.25) is 5.02 Å². The van der Waals surface area contributed by atoms with E-state index >= 15 is 0 Å². The lowest BCUT2D eigenvalue weighted by Crippen LogP contribution is -2.27. The van der Waals surface area contributed by atoms with Crippen molar-refractivity contribution in [2.75, 3.05) is 0 Å². The maximum absolute atomic E-state index is 10.7. The third-order valence-electron chi connectivity index (χ3n) is 3.89. The molecule has 0 saturated heterocycles. The zero-order chi connectivity index (χ0) is 12.5. The zero-order valence-corrected chi connectivity index (χ0v) is 12.2. The van der Waals surface area contributed by atoms with E-state index in [1.54, 1.807) is 11.3 Å². The van der Waals surface area contributed by atoms with Crippen molar-refractivity contribution in [3.63, 3.8) is 0 Å². The molecular weight excluding hydrogens is 252 g/mol. The van der Waals surface area contributed by atoms with E-state index in [2.05, 4.69) is 13.8 Å². The second-order valence-electron chi connectivity index (χ2n) is 5.70. The van der Waals surface area contributed by atoms with Gasteiger partial charge in [0.2, 0.25) is 0 Å². The number of aliphatic hydroxyl groups excluding tert-OH is 1. The summed E-state index contributed by atoms with van der Waals surface area (Å²) in [5.41, 5.74) is 0.0721. The largest absolute Gasteiger partial charge is 0.387 e. The van der Waals surface area contributed by atoms with Crippen LogP contribution < -0.4 is 0 Å². The molecule has 1 fully saturated rings. The third kappa shape index (κ3) is 2.69. The van der Waals surface area contributed by atoms with E-state index in [0.717, 1.165) is 29.2 Å². The Morgan fingerprint density at radius 3 is 2.53 bits per heavy atom. The molecule has 0 bridgehead atoms. The Labute approximate surface area is 113 Å². The molecule has 96 valence electrons. The van der Waals surface area contributed by atoms with Gasteiger partial charge in [-0.25, -0.2) is 0 Å². The summed E-state index contributed by atoms with van der Waals surface area (Å²) in [6.45, 7) is 4.48. The van der Waals surface area contributed by atoms with Gasteiger partial charge in [-0.2, -0.15) is 0 Å². The molecule has 17 heavy (non-hydrogen) atoms. The van der Waals surface area contributed by atoms with Crippen LogP contribution in [-0.2, 0) is 0 Å². The summed E-state index contributed by atoms with van der Waals surface area (Å²) in [4.78, 5) is 0.967. The molecule has 1 heterocycles. The smallest absolute Gasteiger partial charge is 0.0952 e. The fourth-order valence-corrected chi connectivity index (χ4v) is 4.54. The SMILES string of the molecule is CC(C)CC1(C(O)c2sccc2Cl)CCCC1. The zero-order valence-electron chi connectivity index (χ0n) is 10.6. The molecule has 3 heteroatoms. The Balaban J connectivity index is 2.24. The average molecular weight is 273 g/mol. The molecule has 0 radical (unpaired) electrons. The lowest BCUT2D eigenvalue weighted by Gasteiger charge is -2.35. The van der Waals surface area contributed by atoms with Gasteiger partial charge in [0.05, 0.1) is 16.0 Å². The molecule has 0 spiro atoms. The quantitative estimate of drug-likeness (QED) is 0.814. The molecule has 1 atom stereocenters. The second kappa shape index (κ2) is 5.29. The molecule has 1 unspecified atom stereocenters. The minimum Gasteiger partial charge on any atom is -0.387 e. The number of halogens is 1. The Morgan fingerprint density at radius 2 is 2.06 bits per heavy atom. The van der Waals surface area contributed by atoms with Crippen molar-refractivity contribution in [2.45, 2.75) is 52.1 Å². The minimum atomic E-state index is -0.375. The van der Waals surface area contributed by atoms with E-state index in [-0.39, 0.29) is 11.5 Å². The van der Waals surface area contributed by atoms with E-state index in [9.17, 15) is 5.11 Å². The van der Waals surface area contributed by atoms with Gasteiger partial charge in [-0.1, -0.05) is 38.3 Å². The molecule has 1 aromatic rings. The summed E-state index contributed by atoms with van der Waals surface area (Å²) in [5, 5.41) is 13.4. The lowest BCUT2D eigenvalue weighted by atomic mass is 9.73. The highest BCUT2D eigenvalue weighted by molar-refractivity contribution is 7.10.